The van der Waals surface area contributed by atoms with Crippen LogP contribution < -0.4 is 4.72 Å². The summed E-state index contributed by atoms with van der Waals surface area (Å²) in [5.41, 5.74) is 0.368. The summed E-state index contributed by atoms with van der Waals surface area (Å²) < 4.78 is 39.7. The summed E-state index contributed by atoms with van der Waals surface area (Å²) in [4.78, 5) is 0. The smallest absolute Gasteiger partial charge is 0.262 e. The van der Waals surface area contributed by atoms with E-state index in [1.54, 1.807) is 20.8 Å². The molecule has 0 bridgehead atoms. The van der Waals surface area contributed by atoms with E-state index in [1.807, 2.05) is 0 Å². The highest BCUT2D eigenvalue weighted by Gasteiger charge is 2.33. The predicted octanol–water partition coefficient (Wildman–Crippen LogP) is 3.70. The number of alkyl halides is 2. The highest BCUT2D eigenvalue weighted by molar-refractivity contribution is 7.90. The van der Waals surface area contributed by atoms with Gasteiger partial charge in [-0.25, -0.2) is 8.78 Å². The van der Waals surface area contributed by atoms with E-state index in [4.69, 9.17) is 11.6 Å². The van der Waals surface area contributed by atoms with Crippen molar-refractivity contribution in [1.29, 1.82) is 0 Å². The van der Waals surface area contributed by atoms with Crippen LogP contribution in [-0.2, 0) is 11.4 Å². The molecule has 1 aromatic carbocycles. The van der Waals surface area contributed by atoms with Crippen LogP contribution in [0.25, 0.3) is 0 Å². The van der Waals surface area contributed by atoms with Gasteiger partial charge >= 0.3 is 0 Å². The van der Waals surface area contributed by atoms with E-state index < -0.39 is 28.6 Å². The van der Waals surface area contributed by atoms with Gasteiger partial charge in [-0.15, -0.1) is 4.72 Å². The van der Waals surface area contributed by atoms with Crippen molar-refractivity contribution < 1.29 is 13.3 Å². The lowest BCUT2D eigenvalue weighted by atomic mass is 10.1. The molecular weight excluding hydrogens is 280 g/mol. The van der Waals surface area contributed by atoms with Gasteiger partial charge in [-0.3, -0.25) is 0 Å². The third kappa shape index (κ3) is 4.39. The summed E-state index contributed by atoms with van der Waals surface area (Å²) in [6.45, 7) is 5.17. The van der Waals surface area contributed by atoms with Crippen molar-refractivity contribution >= 4 is 23.0 Å². The molecule has 0 aromatic heterocycles. The molecule has 2 atom stereocenters. The van der Waals surface area contributed by atoms with Crippen molar-refractivity contribution in [3.05, 3.63) is 34.9 Å². The van der Waals surface area contributed by atoms with Crippen molar-refractivity contribution in [2.75, 3.05) is 0 Å². The zero-order chi connectivity index (χ0) is 13.9. The van der Waals surface area contributed by atoms with E-state index in [-0.39, 0.29) is 0 Å². The summed E-state index contributed by atoms with van der Waals surface area (Å²) in [5, 5.41) is 0.476. The van der Waals surface area contributed by atoms with Gasteiger partial charge < -0.3 is 4.55 Å². The highest BCUT2D eigenvalue weighted by atomic mass is 35.5. The Balaban J connectivity index is 2.87. The lowest BCUT2D eigenvalue weighted by Crippen LogP contribution is -2.43. The highest BCUT2D eigenvalue weighted by Crippen LogP contribution is 2.25. The summed E-state index contributed by atoms with van der Waals surface area (Å²) >= 11 is 4.15. The normalized spacial score (nSPS) is 15.8. The number of hydrogen-bond donors (Lipinski definition) is 1. The van der Waals surface area contributed by atoms with E-state index in [9.17, 15) is 13.3 Å². The summed E-state index contributed by atoms with van der Waals surface area (Å²) in [6.07, 6.45) is -2.64. The standard InChI is InChI=1S/C12H16ClF2NOS/c1-12(2,3)18(17)16-10(11(14)15)8-4-6-9(13)7-5-8/h4-7,10-11,16H,1-3H3/t10-,18+/m1/s1. The molecule has 0 unspecified atom stereocenters. The van der Waals surface area contributed by atoms with Gasteiger partial charge in [-0.05, 0) is 38.5 Å². The van der Waals surface area contributed by atoms with Crippen LogP contribution in [0.3, 0.4) is 0 Å². The number of benzene rings is 1. The monoisotopic (exact) mass is 295 g/mol. The van der Waals surface area contributed by atoms with E-state index in [2.05, 4.69) is 4.72 Å². The Kier molecular flexibility index (Phi) is 5.40. The molecular formula is C12H16ClF2NOS. The third-order valence-corrected chi connectivity index (χ3v) is 4.10. The molecule has 2 nitrogen and oxygen atoms in total. The average Bonchev–Trinajstić information content (AvgIpc) is 2.25. The quantitative estimate of drug-likeness (QED) is 0.860. The fraction of sp³-hybridized carbons (Fsp3) is 0.500. The molecule has 6 heteroatoms. The van der Waals surface area contributed by atoms with Crippen LogP contribution >= 0.6 is 11.6 Å². The first-order valence-electron chi connectivity index (χ1n) is 5.43. The molecule has 0 saturated carbocycles. The molecule has 0 heterocycles. The van der Waals surface area contributed by atoms with Crippen LogP contribution in [0.4, 0.5) is 8.78 Å². The van der Waals surface area contributed by atoms with Crippen LogP contribution in [0.5, 0.6) is 0 Å². The van der Waals surface area contributed by atoms with Crippen molar-refractivity contribution in [3.63, 3.8) is 0 Å². The molecule has 0 radical (unpaired) electrons. The van der Waals surface area contributed by atoms with E-state index in [1.165, 1.54) is 24.3 Å². The second kappa shape index (κ2) is 6.19. The first kappa shape index (κ1) is 15.7. The van der Waals surface area contributed by atoms with E-state index in [0.29, 0.717) is 10.6 Å². The SMILES string of the molecule is CC(C)(C)[S@+]([O-])N[C@H](c1ccc(Cl)cc1)C(F)F. The Bertz CT molecular complexity index is 381. The van der Waals surface area contributed by atoms with Gasteiger partial charge in [-0.2, -0.15) is 0 Å². The van der Waals surface area contributed by atoms with Crippen LogP contribution in [-0.4, -0.2) is 15.7 Å². The second-order valence-electron chi connectivity index (χ2n) is 4.86. The maximum absolute atomic E-state index is 13.0. The molecule has 1 rings (SSSR count). The Hall–Kier alpha value is -0.360. The number of rotatable bonds is 4. The topological polar surface area (TPSA) is 35.1 Å². The molecule has 0 spiro atoms. The van der Waals surface area contributed by atoms with Gasteiger partial charge in [0.05, 0.1) is 0 Å². The number of halogens is 3. The molecule has 102 valence electrons. The Morgan fingerprint density at radius 2 is 1.72 bits per heavy atom. The van der Waals surface area contributed by atoms with Crippen molar-refractivity contribution in [1.82, 2.24) is 4.72 Å². The van der Waals surface area contributed by atoms with Crippen molar-refractivity contribution in [2.45, 2.75) is 38.0 Å². The van der Waals surface area contributed by atoms with Crippen LogP contribution in [0.2, 0.25) is 5.02 Å². The van der Waals surface area contributed by atoms with Gasteiger partial charge in [0.15, 0.2) is 0 Å². The van der Waals surface area contributed by atoms with Gasteiger partial charge in [0, 0.05) is 16.4 Å². The largest absolute Gasteiger partial charge is 0.598 e. The molecule has 0 aliphatic rings. The first-order chi connectivity index (χ1) is 8.21. The molecule has 0 aliphatic carbocycles. The van der Waals surface area contributed by atoms with E-state index in [0.717, 1.165) is 0 Å². The van der Waals surface area contributed by atoms with Crippen LogP contribution in [0.15, 0.2) is 24.3 Å². The minimum Gasteiger partial charge on any atom is -0.598 e. The Morgan fingerprint density at radius 3 is 2.11 bits per heavy atom. The maximum Gasteiger partial charge on any atom is 0.262 e. The zero-order valence-electron chi connectivity index (χ0n) is 10.4. The molecule has 0 amide bonds. The van der Waals surface area contributed by atoms with E-state index >= 15 is 0 Å². The fourth-order valence-corrected chi connectivity index (χ4v) is 2.18. The number of nitrogens with one attached hydrogen (secondary N) is 1. The van der Waals surface area contributed by atoms with Gasteiger partial charge in [0.1, 0.15) is 10.8 Å². The summed E-state index contributed by atoms with van der Waals surface area (Å²) in [7, 11) is 0. The maximum atomic E-state index is 13.0. The Morgan fingerprint density at radius 1 is 1.22 bits per heavy atom. The molecule has 1 N–H and O–H groups in total. The van der Waals surface area contributed by atoms with Gasteiger partial charge in [-0.1, -0.05) is 23.7 Å². The summed E-state index contributed by atoms with van der Waals surface area (Å²) in [5.74, 6) is 0. The third-order valence-electron chi connectivity index (χ3n) is 2.27. The lowest BCUT2D eigenvalue weighted by molar-refractivity contribution is 0.109. The van der Waals surface area contributed by atoms with Gasteiger partial charge in [0.25, 0.3) is 6.43 Å². The second-order valence-corrected chi connectivity index (χ2v) is 7.30. The van der Waals surface area contributed by atoms with Crippen LogP contribution in [0.1, 0.15) is 32.4 Å². The molecule has 0 saturated heterocycles. The average molecular weight is 296 g/mol. The predicted molar refractivity (Wildman–Crippen MR) is 71.2 cm³/mol. The molecule has 18 heavy (non-hydrogen) atoms. The Labute approximate surface area is 114 Å². The fourth-order valence-electron chi connectivity index (χ4n) is 1.23. The lowest BCUT2D eigenvalue weighted by Gasteiger charge is -2.27. The zero-order valence-corrected chi connectivity index (χ0v) is 12.0. The number of hydrogen-bond acceptors (Lipinski definition) is 2. The van der Waals surface area contributed by atoms with Gasteiger partial charge in [0.2, 0.25) is 0 Å². The molecule has 1 aromatic rings. The first-order valence-corrected chi connectivity index (χ1v) is 6.96. The minimum absolute atomic E-state index is 0.368. The minimum atomic E-state index is -2.64. The van der Waals surface area contributed by atoms with Crippen LogP contribution in [0, 0.1) is 0 Å². The molecule has 0 fully saturated rings. The molecule has 0 aliphatic heterocycles. The van der Waals surface area contributed by atoms with Crippen molar-refractivity contribution in [3.8, 4) is 0 Å². The summed E-state index contributed by atoms with van der Waals surface area (Å²) in [6, 6.07) is 4.82. The van der Waals surface area contributed by atoms with Crippen molar-refractivity contribution in [2.24, 2.45) is 0 Å².